The molecule has 2 rings (SSSR count). The molecule has 2 unspecified atom stereocenters. The summed E-state index contributed by atoms with van der Waals surface area (Å²) in [6, 6.07) is 3.99. The van der Waals surface area contributed by atoms with Crippen molar-refractivity contribution in [2.45, 2.75) is 37.5 Å². The van der Waals surface area contributed by atoms with E-state index in [0.717, 1.165) is 30.7 Å². The highest BCUT2D eigenvalue weighted by Crippen LogP contribution is 2.32. The minimum absolute atomic E-state index is 0.0229. The molecule has 0 radical (unpaired) electrons. The smallest absolute Gasteiger partial charge is 0.155 e. The Morgan fingerprint density at radius 2 is 2.35 bits per heavy atom. The summed E-state index contributed by atoms with van der Waals surface area (Å²) in [5.41, 5.74) is 0. The first kappa shape index (κ1) is 13.1. The Hall–Kier alpha value is -0.390. The van der Waals surface area contributed by atoms with Crippen LogP contribution in [-0.2, 0) is 9.84 Å². The molecule has 17 heavy (non-hydrogen) atoms. The number of hydrogen-bond donors (Lipinski definition) is 1. The summed E-state index contributed by atoms with van der Waals surface area (Å²) in [5.74, 6) is 0.352. The van der Waals surface area contributed by atoms with Gasteiger partial charge < -0.3 is 5.32 Å². The van der Waals surface area contributed by atoms with Crippen LogP contribution < -0.4 is 5.32 Å². The van der Waals surface area contributed by atoms with Crippen molar-refractivity contribution in [1.82, 2.24) is 5.32 Å². The lowest BCUT2D eigenvalue weighted by Gasteiger charge is -2.30. The summed E-state index contributed by atoms with van der Waals surface area (Å²) in [5, 5.41) is 5.11. The van der Waals surface area contributed by atoms with Gasteiger partial charge in [-0.3, -0.25) is 0 Å². The zero-order valence-electron chi connectivity index (χ0n) is 10.1. The zero-order valence-corrected chi connectivity index (χ0v) is 11.7. The Balaban J connectivity index is 2.26. The largest absolute Gasteiger partial charge is 0.308 e. The van der Waals surface area contributed by atoms with Crippen molar-refractivity contribution in [3.05, 3.63) is 22.4 Å². The molecule has 0 spiro atoms. The quantitative estimate of drug-likeness (QED) is 0.916. The number of rotatable bonds is 4. The molecule has 96 valence electrons. The molecule has 0 aliphatic carbocycles. The molecule has 1 aliphatic heterocycles. The molecule has 3 nitrogen and oxygen atoms in total. The average molecular weight is 273 g/mol. The fourth-order valence-corrected chi connectivity index (χ4v) is 5.50. The Morgan fingerprint density at radius 1 is 1.53 bits per heavy atom. The maximum absolute atomic E-state index is 12.2. The van der Waals surface area contributed by atoms with Crippen LogP contribution in [0.15, 0.2) is 17.5 Å². The fraction of sp³-hybridized carbons (Fsp3) is 0.667. The second-order valence-electron chi connectivity index (χ2n) is 4.45. The first-order valence-electron chi connectivity index (χ1n) is 6.13. The van der Waals surface area contributed by atoms with Crippen molar-refractivity contribution < 1.29 is 8.42 Å². The monoisotopic (exact) mass is 273 g/mol. The normalized spacial score (nSPS) is 25.6. The molecule has 0 aromatic carbocycles. The van der Waals surface area contributed by atoms with Gasteiger partial charge in [-0.05, 0) is 30.8 Å². The maximum Gasteiger partial charge on any atom is 0.155 e. The second kappa shape index (κ2) is 5.50. The highest BCUT2D eigenvalue weighted by Gasteiger charge is 2.36. The third kappa shape index (κ3) is 2.89. The molecule has 1 aliphatic rings. The van der Waals surface area contributed by atoms with E-state index in [0.29, 0.717) is 5.75 Å². The lowest BCUT2D eigenvalue weighted by Crippen LogP contribution is -2.40. The van der Waals surface area contributed by atoms with E-state index in [2.05, 4.69) is 5.32 Å². The van der Waals surface area contributed by atoms with Gasteiger partial charge in [-0.2, -0.15) is 0 Å². The minimum Gasteiger partial charge on any atom is -0.308 e. The van der Waals surface area contributed by atoms with E-state index in [1.165, 1.54) is 0 Å². The van der Waals surface area contributed by atoms with Gasteiger partial charge in [-0.25, -0.2) is 8.42 Å². The van der Waals surface area contributed by atoms with Gasteiger partial charge in [0.1, 0.15) is 0 Å². The summed E-state index contributed by atoms with van der Waals surface area (Å²) in [7, 11) is -2.93. The van der Waals surface area contributed by atoms with Crippen LogP contribution in [0.4, 0.5) is 0 Å². The molecule has 1 N–H and O–H groups in total. The molecule has 1 aromatic rings. The number of thiophene rings is 1. The van der Waals surface area contributed by atoms with E-state index in [4.69, 9.17) is 0 Å². The predicted octanol–water partition coefficient (Wildman–Crippen LogP) is 2.37. The first-order valence-corrected chi connectivity index (χ1v) is 8.73. The fourth-order valence-electron chi connectivity index (χ4n) is 2.46. The molecule has 0 bridgehead atoms. The molecule has 2 heterocycles. The van der Waals surface area contributed by atoms with Crippen LogP contribution in [0.25, 0.3) is 0 Å². The van der Waals surface area contributed by atoms with Crippen LogP contribution in [0.2, 0.25) is 0 Å². The van der Waals surface area contributed by atoms with Gasteiger partial charge >= 0.3 is 0 Å². The zero-order chi connectivity index (χ0) is 12.3. The molecule has 5 heteroatoms. The van der Waals surface area contributed by atoms with E-state index < -0.39 is 9.84 Å². The Kier molecular flexibility index (Phi) is 4.22. The topological polar surface area (TPSA) is 46.2 Å². The average Bonchev–Trinajstić information content (AvgIpc) is 2.79. The van der Waals surface area contributed by atoms with E-state index in [1.807, 2.05) is 24.4 Å². The van der Waals surface area contributed by atoms with Gasteiger partial charge in [-0.15, -0.1) is 11.3 Å². The van der Waals surface area contributed by atoms with Crippen LogP contribution >= 0.6 is 11.3 Å². The van der Waals surface area contributed by atoms with Crippen molar-refractivity contribution in [1.29, 1.82) is 0 Å². The molecular formula is C12H19NO2S2. The number of nitrogens with one attached hydrogen (secondary N) is 1. The van der Waals surface area contributed by atoms with Crippen LogP contribution in [0, 0.1) is 0 Å². The highest BCUT2D eigenvalue weighted by atomic mass is 32.2. The second-order valence-corrected chi connectivity index (χ2v) is 7.77. The van der Waals surface area contributed by atoms with Crippen LogP contribution in [0.1, 0.15) is 37.1 Å². The van der Waals surface area contributed by atoms with E-state index >= 15 is 0 Å². The van der Waals surface area contributed by atoms with Crippen LogP contribution in [-0.4, -0.2) is 26.0 Å². The van der Waals surface area contributed by atoms with Crippen molar-refractivity contribution in [3.63, 3.8) is 0 Å². The van der Waals surface area contributed by atoms with Gasteiger partial charge in [0, 0.05) is 4.88 Å². The van der Waals surface area contributed by atoms with Gasteiger partial charge in [0.05, 0.1) is 17.0 Å². The van der Waals surface area contributed by atoms with Gasteiger partial charge in [0.2, 0.25) is 0 Å². The van der Waals surface area contributed by atoms with Crippen molar-refractivity contribution in [2.75, 3.05) is 12.3 Å². The molecule has 1 fully saturated rings. The summed E-state index contributed by atoms with van der Waals surface area (Å²) in [6.45, 7) is 2.82. The minimum atomic E-state index is -2.93. The molecular weight excluding hydrogens is 254 g/mol. The lowest BCUT2D eigenvalue weighted by molar-refractivity contribution is 0.458. The number of sulfone groups is 1. The third-order valence-electron chi connectivity index (χ3n) is 3.27. The van der Waals surface area contributed by atoms with Crippen LogP contribution in [0.3, 0.4) is 0 Å². The Bertz CT molecular complexity index is 439. The van der Waals surface area contributed by atoms with Crippen molar-refractivity contribution >= 4 is 21.2 Å². The van der Waals surface area contributed by atoms with E-state index in [-0.39, 0.29) is 11.3 Å². The highest BCUT2D eigenvalue weighted by molar-refractivity contribution is 7.92. The van der Waals surface area contributed by atoms with E-state index in [1.54, 1.807) is 11.3 Å². The summed E-state index contributed by atoms with van der Waals surface area (Å²) in [6.07, 6.45) is 2.64. The van der Waals surface area contributed by atoms with Gasteiger partial charge in [-0.1, -0.05) is 19.4 Å². The van der Waals surface area contributed by atoms with Gasteiger partial charge in [0.25, 0.3) is 0 Å². The molecule has 1 saturated heterocycles. The van der Waals surface area contributed by atoms with Crippen molar-refractivity contribution in [2.24, 2.45) is 0 Å². The number of hydrogen-bond acceptors (Lipinski definition) is 4. The third-order valence-corrected chi connectivity index (χ3v) is 6.52. The van der Waals surface area contributed by atoms with Crippen molar-refractivity contribution in [3.8, 4) is 0 Å². The van der Waals surface area contributed by atoms with E-state index in [9.17, 15) is 8.42 Å². The van der Waals surface area contributed by atoms with Gasteiger partial charge in [0.15, 0.2) is 9.84 Å². The SMILES string of the molecule is CCNC(c1cccs1)C1CCCCS1(=O)=O. The first-order chi connectivity index (χ1) is 8.15. The molecule has 1 aromatic heterocycles. The standard InChI is InChI=1S/C12H19NO2S2/c1-2-13-12(10-6-5-8-16-10)11-7-3-4-9-17(11,14)15/h5-6,8,11-13H,2-4,7,9H2,1H3. The Morgan fingerprint density at radius 3 is 2.94 bits per heavy atom. The molecule has 0 amide bonds. The molecule has 2 atom stereocenters. The predicted molar refractivity (Wildman–Crippen MR) is 72.2 cm³/mol. The maximum atomic E-state index is 12.2. The summed E-state index contributed by atoms with van der Waals surface area (Å²) in [4.78, 5) is 1.14. The van der Waals surface area contributed by atoms with Crippen LogP contribution in [0.5, 0.6) is 0 Å². The Labute approximate surface area is 107 Å². The summed E-state index contributed by atoms with van der Waals surface area (Å²) >= 11 is 1.64. The lowest BCUT2D eigenvalue weighted by atomic mass is 10.1. The molecule has 0 saturated carbocycles. The summed E-state index contributed by atoms with van der Waals surface area (Å²) < 4.78 is 24.3.